The van der Waals surface area contributed by atoms with Gasteiger partial charge in [-0.3, -0.25) is 19.5 Å². The van der Waals surface area contributed by atoms with E-state index in [9.17, 15) is 9.59 Å². The lowest BCUT2D eigenvalue weighted by Crippen LogP contribution is -2.56. The summed E-state index contributed by atoms with van der Waals surface area (Å²) >= 11 is 0. The first-order valence-electron chi connectivity index (χ1n) is 9.98. The molecule has 28 heavy (non-hydrogen) atoms. The van der Waals surface area contributed by atoms with E-state index in [1.165, 1.54) is 11.3 Å². The van der Waals surface area contributed by atoms with Gasteiger partial charge in [-0.2, -0.15) is 0 Å². The molecule has 1 aliphatic carbocycles. The van der Waals surface area contributed by atoms with Gasteiger partial charge in [-0.05, 0) is 36.0 Å². The van der Waals surface area contributed by atoms with E-state index in [4.69, 9.17) is 0 Å². The number of carbonyl (C=O) groups is 2. The highest BCUT2D eigenvalue weighted by Crippen LogP contribution is 2.20. The number of piperazine rings is 1. The van der Waals surface area contributed by atoms with Crippen molar-refractivity contribution in [3.8, 4) is 0 Å². The monoisotopic (exact) mass is 378 g/mol. The lowest BCUT2D eigenvalue weighted by atomic mass is 10.1. The molecule has 0 spiro atoms. The van der Waals surface area contributed by atoms with Crippen LogP contribution in [-0.4, -0.2) is 40.8 Å². The first kappa shape index (κ1) is 18.6. The van der Waals surface area contributed by atoms with Crippen LogP contribution in [-0.2, 0) is 35.5 Å². The van der Waals surface area contributed by atoms with Crippen molar-refractivity contribution in [2.24, 2.45) is 0 Å². The zero-order valence-corrected chi connectivity index (χ0v) is 16.0. The number of hydrogen-bond donors (Lipinski definition) is 2. The molecule has 2 aliphatic rings. The van der Waals surface area contributed by atoms with Crippen LogP contribution in [0.25, 0.3) is 0 Å². The number of amides is 2. The van der Waals surface area contributed by atoms with E-state index in [0.29, 0.717) is 19.6 Å². The minimum absolute atomic E-state index is 0.0727. The van der Waals surface area contributed by atoms with Crippen molar-refractivity contribution in [2.45, 2.75) is 44.8 Å². The van der Waals surface area contributed by atoms with Gasteiger partial charge in [0.2, 0.25) is 11.8 Å². The molecule has 2 amide bonds. The standard InChI is InChI=1S/C22H26N4O2/c27-21(25-14-17-11-18-7-4-8-19(18)24-13-17)12-20-22(28)23-9-10-26(20)15-16-5-2-1-3-6-16/h1-3,5-6,11,13,20H,4,7-10,12,14-15H2,(H,23,28)(H,25,27)/t20-/m0/s1. The molecule has 1 aromatic carbocycles. The van der Waals surface area contributed by atoms with Crippen molar-refractivity contribution in [1.82, 2.24) is 20.5 Å². The summed E-state index contributed by atoms with van der Waals surface area (Å²) in [6.07, 6.45) is 5.29. The normalized spacial score (nSPS) is 19.1. The van der Waals surface area contributed by atoms with Gasteiger partial charge in [0.1, 0.15) is 0 Å². The minimum atomic E-state index is -0.438. The molecular formula is C22H26N4O2. The third kappa shape index (κ3) is 4.39. The van der Waals surface area contributed by atoms with Crippen molar-refractivity contribution in [3.05, 3.63) is 65.0 Å². The number of fused-ring (bicyclic) bond motifs is 1. The van der Waals surface area contributed by atoms with Crippen LogP contribution in [0.1, 0.15) is 35.2 Å². The Hall–Kier alpha value is -2.73. The molecule has 1 aromatic heterocycles. The van der Waals surface area contributed by atoms with Gasteiger partial charge in [-0.1, -0.05) is 36.4 Å². The van der Waals surface area contributed by atoms with E-state index >= 15 is 0 Å². The Balaban J connectivity index is 1.35. The molecule has 1 saturated heterocycles. The molecule has 1 aliphatic heterocycles. The lowest BCUT2D eigenvalue weighted by molar-refractivity contribution is -0.134. The molecule has 1 atom stereocenters. The van der Waals surface area contributed by atoms with Gasteiger partial charge in [-0.15, -0.1) is 0 Å². The summed E-state index contributed by atoms with van der Waals surface area (Å²) in [7, 11) is 0. The molecule has 0 saturated carbocycles. The Kier molecular flexibility index (Phi) is 5.67. The predicted molar refractivity (Wildman–Crippen MR) is 106 cm³/mol. The quantitative estimate of drug-likeness (QED) is 0.800. The molecule has 6 heteroatoms. The number of nitrogens with zero attached hydrogens (tertiary/aromatic N) is 2. The van der Waals surface area contributed by atoms with E-state index in [1.807, 2.05) is 36.5 Å². The highest BCUT2D eigenvalue weighted by atomic mass is 16.2. The van der Waals surface area contributed by atoms with Gasteiger partial charge in [0.25, 0.3) is 0 Å². The molecule has 6 nitrogen and oxygen atoms in total. The van der Waals surface area contributed by atoms with Crippen LogP contribution in [0, 0.1) is 0 Å². The second kappa shape index (κ2) is 8.52. The summed E-state index contributed by atoms with van der Waals surface area (Å²) in [5, 5.41) is 5.84. The molecule has 0 bridgehead atoms. The van der Waals surface area contributed by atoms with Gasteiger partial charge in [0, 0.05) is 38.1 Å². The first-order valence-corrected chi connectivity index (χ1v) is 9.98. The summed E-state index contributed by atoms with van der Waals surface area (Å²) in [5.74, 6) is -0.183. The van der Waals surface area contributed by atoms with Crippen molar-refractivity contribution in [3.63, 3.8) is 0 Å². The van der Waals surface area contributed by atoms with Crippen molar-refractivity contribution >= 4 is 11.8 Å². The second-order valence-corrected chi connectivity index (χ2v) is 7.55. The number of rotatable bonds is 6. The van der Waals surface area contributed by atoms with Crippen LogP contribution in [0.15, 0.2) is 42.6 Å². The van der Waals surface area contributed by atoms with Crippen molar-refractivity contribution in [1.29, 1.82) is 0 Å². The molecule has 2 aromatic rings. The number of benzene rings is 1. The van der Waals surface area contributed by atoms with Crippen LogP contribution in [0.4, 0.5) is 0 Å². The number of nitrogens with one attached hydrogen (secondary N) is 2. The second-order valence-electron chi connectivity index (χ2n) is 7.55. The van der Waals surface area contributed by atoms with E-state index in [0.717, 1.165) is 36.9 Å². The van der Waals surface area contributed by atoms with Gasteiger partial charge in [-0.25, -0.2) is 0 Å². The number of pyridine rings is 1. The smallest absolute Gasteiger partial charge is 0.237 e. The highest BCUT2D eigenvalue weighted by molar-refractivity contribution is 5.88. The first-order chi connectivity index (χ1) is 13.7. The van der Waals surface area contributed by atoms with E-state index in [2.05, 4.69) is 26.6 Å². The fraction of sp³-hybridized carbons (Fsp3) is 0.409. The summed E-state index contributed by atoms with van der Waals surface area (Å²) in [5.41, 5.74) is 4.65. The topological polar surface area (TPSA) is 74.3 Å². The maximum Gasteiger partial charge on any atom is 0.237 e. The summed E-state index contributed by atoms with van der Waals surface area (Å²) < 4.78 is 0. The Morgan fingerprint density at radius 3 is 2.93 bits per heavy atom. The molecule has 4 rings (SSSR count). The zero-order chi connectivity index (χ0) is 19.3. The third-order valence-electron chi connectivity index (χ3n) is 5.51. The Morgan fingerprint density at radius 1 is 1.21 bits per heavy atom. The maximum absolute atomic E-state index is 12.5. The Morgan fingerprint density at radius 2 is 2.07 bits per heavy atom. The van der Waals surface area contributed by atoms with Gasteiger partial charge < -0.3 is 10.6 Å². The highest BCUT2D eigenvalue weighted by Gasteiger charge is 2.31. The fourth-order valence-corrected chi connectivity index (χ4v) is 4.01. The fourth-order valence-electron chi connectivity index (χ4n) is 4.01. The van der Waals surface area contributed by atoms with Crippen LogP contribution >= 0.6 is 0 Å². The SMILES string of the molecule is O=C(C[C@H]1C(=O)NCCN1Cc1ccccc1)NCc1cnc2c(c1)CCC2. The molecule has 2 N–H and O–H groups in total. The largest absolute Gasteiger partial charge is 0.353 e. The number of hydrogen-bond acceptors (Lipinski definition) is 4. The van der Waals surface area contributed by atoms with Gasteiger partial charge in [0.15, 0.2) is 0 Å². The van der Waals surface area contributed by atoms with E-state index in [1.54, 1.807) is 0 Å². The van der Waals surface area contributed by atoms with Crippen LogP contribution in [0.5, 0.6) is 0 Å². The molecular weight excluding hydrogens is 352 g/mol. The summed E-state index contributed by atoms with van der Waals surface area (Å²) in [6.45, 7) is 2.48. The molecule has 1 fully saturated rings. The summed E-state index contributed by atoms with van der Waals surface area (Å²) in [4.78, 5) is 31.5. The molecule has 0 unspecified atom stereocenters. The summed E-state index contributed by atoms with van der Waals surface area (Å²) in [6, 6.07) is 11.8. The number of carbonyl (C=O) groups excluding carboxylic acids is 2. The van der Waals surface area contributed by atoms with E-state index < -0.39 is 6.04 Å². The number of aryl methyl sites for hydroxylation is 2. The maximum atomic E-state index is 12.5. The van der Waals surface area contributed by atoms with E-state index in [-0.39, 0.29) is 18.2 Å². The average molecular weight is 378 g/mol. The third-order valence-corrected chi connectivity index (χ3v) is 5.51. The zero-order valence-electron chi connectivity index (χ0n) is 16.0. The van der Waals surface area contributed by atoms with Gasteiger partial charge >= 0.3 is 0 Å². The van der Waals surface area contributed by atoms with Crippen LogP contribution in [0.3, 0.4) is 0 Å². The minimum Gasteiger partial charge on any atom is -0.353 e. The average Bonchev–Trinajstić information content (AvgIpc) is 3.18. The molecule has 146 valence electrons. The molecule has 2 heterocycles. The van der Waals surface area contributed by atoms with Crippen molar-refractivity contribution in [2.75, 3.05) is 13.1 Å². The molecule has 0 radical (unpaired) electrons. The van der Waals surface area contributed by atoms with Gasteiger partial charge in [0.05, 0.1) is 12.5 Å². The Labute approximate surface area is 165 Å². The Bertz CT molecular complexity index is 853. The lowest BCUT2D eigenvalue weighted by Gasteiger charge is -2.34. The predicted octanol–water partition coefficient (Wildman–Crippen LogP) is 1.58. The number of aromatic nitrogens is 1. The van der Waals surface area contributed by atoms with Crippen LogP contribution in [0.2, 0.25) is 0 Å². The van der Waals surface area contributed by atoms with Crippen molar-refractivity contribution < 1.29 is 9.59 Å². The van der Waals surface area contributed by atoms with Crippen LogP contribution < -0.4 is 10.6 Å².